The molecule has 0 saturated carbocycles. The van der Waals surface area contributed by atoms with E-state index in [9.17, 15) is 14.4 Å². The number of cyclic esters (lactones) is 2. The van der Waals surface area contributed by atoms with E-state index in [1.165, 1.54) is 6.20 Å². The Kier molecular flexibility index (Phi) is 3.88. The first-order valence-corrected chi connectivity index (χ1v) is 8.20. The normalized spacial score (nSPS) is 16.0. The molecule has 3 heterocycles. The molecular weight excluding hydrogens is 350 g/mol. The van der Waals surface area contributed by atoms with Crippen molar-refractivity contribution in [1.29, 1.82) is 0 Å². The van der Waals surface area contributed by atoms with Gasteiger partial charge in [0, 0.05) is 48.7 Å². The van der Waals surface area contributed by atoms with Gasteiger partial charge in [0.1, 0.15) is 5.82 Å². The van der Waals surface area contributed by atoms with Gasteiger partial charge >= 0.3 is 17.7 Å². The van der Waals surface area contributed by atoms with Crippen molar-refractivity contribution >= 4 is 28.6 Å². The number of rotatable bonds is 4. The van der Waals surface area contributed by atoms with Crippen LogP contribution >= 0.6 is 0 Å². The third-order valence-corrected chi connectivity index (χ3v) is 4.33. The van der Waals surface area contributed by atoms with Gasteiger partial charge in [-0.05, 0) is 6.07 Å². The topological polar surface area (TPSA) is 103 Å². The number of benzene rings is 1. The molecular formula is C19H15N3O5. The molecule has 0 atom stereocenters. The predicted molar refractivity (Wildman–Crippen MR) is 93.6 cm³/mol. The molecule has 8 heteroatoms. The summed E-state index contributed by atoms with van der Waals surface area (Å²) in [5, 5.41) is 0.660. The molecule has 0 fully saturated rings. The van der Waals surface area contributed by atoms with E-state index >= 15 is 0 Å². The number of ketones is 1. The van der Waals surface area contributed by atoms with Crippen molar-refractivity contribution in [3.05, 3.63) is 66.4 Å². The molecule has 0 saturated heterocycles. The lowest BCUT2D eigenvalue weighted by molar-refractivity contribution is -0.201. The van der Waals surface area contributed by atoms with Crippen LogP contribution in [0.5, 0.6) is 0 Å². The molecule has 1 aromatic carbocycles. The number of carbonyl (C=O) groups is 3. The van der Waals surface area contributed by atoms with Crippen LogP contribution in [0.4, 0.5) is 0 Å². The standard InChI is InChI=1S/C19H15N3O5/c1-22-11-13(12-4-2-3-5-14(12)22)18(25)19(10-15-20-8-9-21-15)26-16(23)6-7-17(24)27-19/h2-9,11H,10H2,1H3,(H,20,21). The first kappa shape index (κ1) is 16.8. The van der Waals surface area contributed by atoms with Crippen LogP contribution in [0.1, 0.15) is 16.2 Å². The molecule has 1 aliphatic heterocycles. The van der Waals surface area contributed by atoms with E-state index in [0.29, 0.717) is 11.2 Å². The quantitative estimate of drug-likeness (QED) is 0.557. The Morgan fingerprint density at radius 3 is 2.56 bits per heavy atom. The average molecular weight is 365 g/mol. The summed E-state index contributed by atoms with van der Waals surface area (Å²) in [5.41, 5.74) is 1.10. The van der Waals surface area contributed by atoms with Gasteiger partial charge in [-0.3, -0.25) is 4.79 Å². The van der Waals surface area contributed by atoms with Crippen LogP contribution in [0.15, 0.2) is 55.0 Å². The second-order valence-corrected chi connectivity index (χ2v) is 6.14. The number of carbonyl (C=O) groups excluding carboxylic acids is 3. The highest BCUT2D eigenvalue weighted by molar-refractivity contribution is 6.13. The number of hydrogen-bond acceptors (Lipinski definition) is 6. The van der Waals surface area contributed by atoms with Gasteiger partial charge in [-0.25, -0.2) is 14.6 Å². The molecule has 3 aromatic rings. The molecule has 136 valence electrons. The predicted octanol–water partition coefficient (Wildman–Crippen LogP) is 1.68. The number of imidazole rings is 1. The third-order valence-electron chi connectivity index (χ3n) is 4.33. The van der Waals surface area contributed by atoms with Crippen LogP contribution in [0, 0.1) is 0 Å². The molecule has 0 unspecified atom stereocenters. The molecule has 1 aliphatic rings. The van der Waals surface area contributed by atoms with Gasteiger partial charge in [0.05, 0.1) is 12.0 Å². The minimum atomic E-state index is -2.15. The van der Waals surface area contributed by atoms with Gasteiger partial charge in [0.25, 0.3) is 0 Å². The van der Waals surface area contributed by atoms with E-state index in [2.05, 4.69) is 9.97 Å². The third kappa shape index (κ3) is 2.91. The number of aryl methyl sites for hydroxylation is 1. The second-order valence-electron chi connectivity index (χ2n) is 6.14. The van der Waals surface area contributed by atoms with E-state index in [4.69, 9.17) is 9.47 Å². The van der Waals surface area contributed by atoms with Gasteiger partial charge in [-0.2, -0.15) is 0 Å². The summed E-state index contributed by atoms with van der Waals surface area (Å²) in [7, 11) is 1.80. The number of Topliss-reactive ketones (excluding diaryl/α,β-unsaturated/α-hetero) is 1. The van der Waals surface area contributed by atoms with Gasteiger partial charge < -0.3 is 19.0 Å². The average Bonchev–Trinajstić information content (AvgIpc) is 3.24. The molecule has 0 radical (unpaired) electrons. The lowest BCUT2D eigenvalue weighted by Crippen LogP contribution is -2.48. The van der Waals surface area contributed by atoms with Crippen LogP contribution < -0.4 is 0 Å². The Morgan fingerprint density at radius 1 is 1.19 bits per heavy atom. The molecule has 1 N–H and O–H groups in total. The van der Waals surface area contributed by atoms with Crippen molar-refractivity contribution in [2.45, 2.75) is 12.2 Å². The maximum Gasteiger partial charge on any atom is 0.334 e. The van der Waals surface area contributed by atoms with Crippen molar-refractivity contribution in [2.75, 3.05) is 0 Å². The van der Waals surface area contributed by atoms with Crippen molar-refractivity contribution in [3.8, 4) is 0 Å². The summed E-state index contributed by atoms with van der Waals surface area (Å²) in [6, 6.07) is 7.29. The zero-order valence-corrected chi connectivity index (χ0v) is 14.3. The Hall–Kier alpha value is -3.68. The second kappa shape index (κ2) is 6.24. The summed E-state index contributed by atoms with van der Waals surface area (Å²) < 4.78 is 12.4. The van der Waals surface area contributed by atoms with E-state index < -0.39 is 23.5 Å². The Morgan fingerprint density at radius 2 is 1.89 bits per heavy atom. The molecule has 4 rings (SSSR count). The Labute approximate surface area is 153 Å². The van der Waals surface area contributed by atoms with Crippen LogP contribution in [0.3, 0.4) is 0 Å². The van der Waals surface area contributed by atoms with Crippen molar-refractivity contribution < 1.29 is 23.9 Å². The van der Waals surface area contributed by atoms with E-state index in [-0.39, 0.29) is 12.0 Å². The number of ether oxygens (including phenoxy) is 2. The molecule has 0 bridgehead atoms. The van der Waals surface area contributed by atoms with E-state index in [0.717, 1.165) is 17.7 Å². The van der Waals surface area contributed by atoms with Crippen molar-refractivity contribution in [2.24, 2.45) is 7.05 Å². The zero-order chi connectivity index (χ0) is 19.0. The van der Waals surface area contributed by atoms with Gasteiger partial charge in [0.2, 0.25) is 5.78 Å². The highest BCUT2D eigenvalue weighted by atomic mass is 16.7. The van der Waals surface area contributed by atoms with Gasteiger partial charge in [0.15, 0.2) is 0 Å². The number of H-pyrrole nitrogens is 1. The number of fused-ring (bicyclic) bond motifs is 1. The summed E-state index contributed by atoms with van der Waals surface area (Å²) in [5.74, 6) is -4.14. The number of nitrogens with zero attached hydrogens (tertiary/aromatic N) is 2. The first-order valence-electron chi connectivity index (χ1n) is 8.20. The van der Waals surface area contributed by atoms with Crippen LogP contribution in [-0.2, 0) is 32.5 Å². The van der Waals surface area contributed by atoms with Crippen LogP contribution in [0.2, 0.25) is 0 Å². The van der Waals surface area contributed by atoms with Gasteiger partial charge in [-0.1, -0.05) is 18.2 Å². The number of nitrogens with one attached hydrogen (secondary N) is 1. The molecule has 2 aromatic heterocycles. The maximum atomic E-state index is 13.5. The summed E-state index contributed by atoms with van der Waals surface area (Å²) >= 11 is 0. The van der Waals surface area contributed by atoms with E-state index in [1.807, 2.05) is 12.1 Å². The number of para-hydroxylation sites is 1. The fraction of sp³-hybridized carbons (Fsp3) is 0.158. The maximum absolute atomic E-state index is 13.5. The summed E-state index contributed by atoms with van der Waals surface area (Å²) in [6.07, 6.45) is 6.30. The molecule has 27 heavy (non-hydrogen) atoms. The lowest BCUT2D eigenvalue weighted by Gasteiger charge is -2.28. The largest absolute Gasteiger partial charge is 0.411 e. The molecule has 0 spiro atoms. The molecule has 8 nitrogen and oxygen atoms in total. The lowest BCUT2D eigenvalue weighted by atomic mass is 9.99. The minimum absolute atomic E-state index is 0.235. The zero-order valence-electron chi connectivity index (χ0n) is 14.3. The monoisotopic (exact) mass is 365 g/mol. The van der Waals surface area contributed by atoms with Crippen LogP contribution in [0.25, 0.3) is 10.9 Å². The summed E-state index contributed by atoms with van der Waals surface area (Å²) in [4.78, 5) is 44.5. The number of esters is 2. The highest BCUT2D eigenvalue weighted by Crippen LogP contribution is 2.30. The fourth-order valence-electron chi connectivity index (χ4n) is 3.14. The smallest absolute Gasteiger partial charge is 0.334 e. The van der Waals surface area contributed by atoms with Crippen LogP contribution in [-0.4, -0.2) is 38.0 Å². The highest BCUT2D eigenvalue weighted by Gasteiger charge is 2.49. The minimum Gasteiger partial charge on any atom is -0.411 e. The Balaban J connectivity index is 1.86. The van der Waals surface area contributed by atoms with Gasteiger partial charge in [-0.15, -0.1) is 0 Å². The summed E-state index contributed by atoms with van der Waals surface area (Å²) in [6.45, 7) is 0. The first-order chi connectivity index (χ1) is 13.0. The SMILES string of the molecule is Cn1cc(C(=O)C2(Cc3ncc[nH]3)OC(=O)C=CC(=O)O2)c2ccccc21. The molecule has 0 aliphatic carbocycles. The fourth-order valence-corrected chi connectivity index (χ4v) is 3.14. The number of aromatic amines is 1. The number of aromatic nitrogens is 3. The van der Waals surface area contributed by atoms with Crippen molar-refractivity contribution in [1.82, 2.24) is 14.5 Å². The molecule has 0 amide bonds. The van der Waals surface area contributed by atoms with E-state index in [1.54, 1.807) is 36.1 Å². The Bertz CT molecular complexity index is 1060. The van der Waals surface area contributed by atoms with Crippen molar-refractivity contribution in [3.63, 3.8) is 0 Å². The number of hydrogen-bond donors (Lipinski definition) is 1.